The van der Waals surface area contributed by atoms with Crippen molar-refractivity contribution in [3.8, 4) is 11.8 Å². The molecule has 0 N–H and O–H groups in total. The van der Waals surface area contributed by atoms with Crippen LogP contribution in [-0.4, -0.2) is 6.54 Å². The first kappa shape index (κ1) is 10.6. The molecule has 1 aromatic rings. The Morgan fingerprint density at radius 3 is 3.07 bits per heavy atom. The third kappa shape index (κ3) is 3.09. The minimum atomic E-state index is -0.346. The zero-order chi connectivity index (χ0) is 10.4. The summed E-state index contributed by atoms with van der Waals surface area (Å²) in [6.07, 6.45) is 0. The van der Waals surface area contributed by atoms with Crippen LogP contribution in [0.2, 0.25) is 0 Å². The second-order valence-electron chi connectivity index (χ2n) is 2.31. The number of hydrogen-bond donors (Lipinski definition) is 0. The molecule has 1 aromatic carbocycles. The lowest BCUT2D eigenvalue weighted by Crippen LogP contribution is -1.81. The molecule has 0 aliphatic rings. The number of halogens is 2. The fraction of sp³-hybridized carbons (Fsp3) is 0.111. The van der Waals surface area contributed by atoms with Gasteiger partial charge in [-0.1, -0.05) is 17.0 Å². The normalized spacial score (nSPS) is 8.43. The fourth-order valence-corrected chi connectivity index (χ4v) is 1.14. The molecule has 0 aromatic heterocycles. The first-order valence-corrected chi connectivity index (χ1v) is 4.48. The fourth-order valence-electron chi connectivity index (χ4n) is 0.795. The largest absolute Gasteiger partial charge is 0.207 e. The van der Waals surface area contributed by atoms with Gasteiger partial charge in [-0.25, -0.2) is 4.39 Å². The van der Waals surface area contributed by atoms with E-state index in [0.29, 0.717) is 10.0 Å². The Morgan fingerprint density at radius 2 is 2.36 bits per heavy atom. The van der Waals surface area contributed by atoms with Gasteiger partial charge >= 0.3 is 0 Å². The average molecular weight is 254 g/mol. The maximum Gasteiger partial charge on any atom is 0.124 e. The maximum atomic E-state index is 12.8. The van der Waals surface area contributed by atoms with Gasteiger partial charge in [0.2, 0.25) is 0 Å². The SMILES string of the molecule is [N-]=[N+]=NCC#Cc1cc(F)ccc1Br. The highest BCUT2D eigenvalue weighted by atomic mass is 79.9. The van der Waals surface area contributed by atoms with E-state index in [4.69, 9.17) is 5.53 Å². The standard InChI is InChI=1S/C9H5BrFN3/c10-9-4-3-8(11)6-7(9)2-1-5-13-14-12/h3-4,6H,5H2. The Labute approximate surface area is 88.7 Å². The van der Waals surface area contributed by atoms with Gasteiger partial charge < -0.3 is 0 Å². The quantitative estimate of drug-likeness (QED) is 0.319. The summed E-state index contributed by atoms with van der Waals surface area (Å²) in [4.78, 5) is 2.54. The van der Waals surface area contributed by atoms with Crippen LogP contribution in [0.1, 0.15) is 5.56 Å². The Morgan fingerprint density at radius 1 is 1.57 bits per heavy atom. The van der Waals surface area contributed by atoms with E-state index in [9.17, 15) is 4.39 Å². The lowest BCUT2D eigenvalue weighted by atomic mass is 10.2. The number of azide groups is 1. The monoisotopic (exact) mass is 253 g/mol. The lowest BCUT2D eigenvalue weighted by molar-refractivity contribution is 0.627. The summed E-state index contributed by atoms with van der Waals surface area (Å²) in [6, 6.07) is 4.22. The predicted octanol–water partition coefficient (Wildman–Crippen LogP) is 3.25. The Kier molecular flexibility index (Phi) is 3.99. The molecule has 0 saturated carbocycles. The number of hydrogen-bond acceptors (Lipinski definition) is 1. The summed E-state index contributed by atoms with van der Waals surface area (Å²) in [5.74, 6) is 4.94. The van der Waals surface area contributed by atoms with Gasteiger partial charge in [0.05, 0.1) is 6.54 Å². The third-order valence-electron chi connectivity index (χ3n) is 1.36. The van der Waals surface area contributed by atoms with Crippen molar-refractivity contribution >= 4 is 15.9 Å². The molecule has 1 rings (SSSR count). The summed E-state index contributed by atoms with van der Waals surface area (Å²) < 4.78 is 13.5. The first-order chi connectivity index (χ1) is 6.74. The van der Waals surface area contributed by atoms with Crippen LogP contribution in [-0.2, 0) is 0 Å². The number of nitrogens with zero attached hydrogens (tertiary/aromatic N) is 3. The van der Waals surface area contributed by atoms with Crippen LogP contribution in [0.3, 0.4) is 0 Å². The molecule has 0 aliphatic heterocycles. The minimum absolute atomic E-state index is 0.0828. The van der Waals surface area contributed by atoms with Crippen molar-refractivity contribution in [2.75, 3.05) is 6.54 Å². The topological polar surface area (TPSA) is 48.8 Å². The van der Waals surface area contributed by atoms with Gasteiger partial charge in [-0.2, -0.15) is 0 Å². The molecule has 14 heavy (non-hydrogen) atoms. The molecule has 0 heterocycles. The van der Waals surface area contributed by atoms with E-state index in [0.717, 1.165) is 0 Å². The molecule has 0 saturated heterocycles. The van der Waals surface area contributed by atoms with Gasteiger partial charge in [0.1, 0.15) is 5.82 Å². The highest BCUT2D eigenvalue weighted by molar-refractivity contribution is 9.10. The second-order valence-corrected chi connectivity index (χ2v) is 3.17. The smallest absolute Gasteiger partial charge is 0.124 e. The first-order valence-electron chi connectivity index (χ1n) is 3.69. The van der Waals surface area contributed by atoms with Crippen molar-refractivity contribution in [3.05, 3.63) is 44.5 Å². The molecular formula is C9H5BrFN3. The van der Waals surface area contributed by atoms with Gasteiger partial charge in [-0.05, 0) is 39.7 Å². The van der Waals surface area contributed by atoms with E-state index in [1.165, 1.54) is 12.1 Å². The van der Waals surface area contributed by atoms with E-state index in [1.54, 1.807) is 6.07 Å². The van der Waals surface area contributed by atoms with Crippen LogP contribution < -0.4 is 0 Å². The number of rotatable bonds is 1. The third-order valence-corrected chi connectivity index (χ3v) is 2.06. The molecule has 70 valence electrons. The van der Waals surface area contributed by atoms with Crippen LogP contribution in [0, 0.1) is 17.7 Å². The van der Waals surface area contributed by atoms with Gasteiger partial charge in [0, 0.05) is 14.9 Å². The summed E-state index contributed by atoms with van der Waals surface area (Å²) >= 11 is 3.23. The van der Waals surface area contributed by atoms with Gasteiger partial charge in [-0.15, -0.1) is 0 Å². The Balaban J connectivity index is 2.88. The summed E-state index contributed by atoms with van der Waals surface area (Å²) in [5.41, 5.74) is 8.52. The van der Waals surface area contributed by atoms with E-state index >= 15 is 0 Å². The van der Waals surface area contributed by atoms with Crippen molar-refractivity contribution in [2.24, 2.45) is 5.11 Å². The maximum absolute atomic E-state index is 12.8. The van der Waals surface area contributed by atoms with Crippen LogP contribution >= 0.6 is 15.9 Å². The number of benzene rings is 1. The Hall–Kier alpha value is -1.50. The highest BCUT2D eigenvalue weighted by Gasteiger charge is 1.97. The molecular weight excluding hydrogens is 249 g/mol. The lowest BCUT2D eigenvalue weighted by Gasteiger charge is -1.94. The molecule has 0 atom stereocenters. The molecule has 3 nitrogen and oxygen atoms in total. The minimum Gasteiger partial charge on any atom is -0.207 e. The van der Waals surface area contributed by atoms with Crippen molar-refractivity contribution in [1.82, 2.24) is 0 Å². The average Bonchev–Trinajstić information content (AvgIpc) is 2.18. The van der Waals surface area contributed by atoms with Crippen LogP contribution in [0.4, 0.5) is 4.39 Å². The van der Waals surface area contributed by atoms with E-state index < -0.39 is 0 Å². The molecule has 0 aliphatic carbocycles. The molecule has 5 heteroatoms. The molecule has 0 spiro atoms. The zero-order valence-electron chi connectivity index (χ0n) is 7.04. The van der Waals surface area contributed by atoms with Crippen LogP contribution in [0.15, 0.2) is 27.8 Å². The highest BCUT2D eigenvalue weighted by Crippen LogP contribution is 2.16. The second kappa shape index (κ2) is 5.28. The van der Waals surface area contributed by atoms with Crippen molar-refractivity contribution in [2.45, 2.75) is 0 Å². The molecule has 0 unspecified atom stereocenters. The van der Waals surface area contributed by atoms with Crippen LogP contribution in [0.5, 0.6) is 0 Å². The van der Waals surface area contributed by atoms with Crippen LogP contribution in [0.25, 0.3) is 10.4 Å². The van der Waals surface area contributed by atoms with E-state index in [1.807, 2.05) is 0 Å². The predicted molar refractivity (Wildman–Crippen MR) is 55.0 cm³/mol. The van der Waals surface area contributed by atoms with E-state index in [2.05, 4.69) is 37.8 Å². The Bertz CT molecular complexity index is 441. The van der Waals surface area contributed by atoms with Gasteiger partial charge in [0.15, 0.2) is 0 Å². The van der Waals surface area contributed by atoms with E-state index in [-0.39, 0.29) is 12.4 Å². The van der Waals surface area contributed by atoms with Gasteiger partial charge in [0.25, 0.3) is 0 Å². The van der Waals surface area contributed by atoms with Gasteiger partial charge in [-0.3, -0.25) is 0 Å². The van der Waals surface area contributed by atoms with Crippen molar-refractivity contribution < 1.29 is 4.39 Å². The molecule has 0 amide bonds. The molecule has 0 bridgehead atoms. The summed E-state index contributed by atoms with van der Waals surface area (Å²) in [5, 5.41) is 3.24. The molecule has 0 radical (unpaired) electrons. The van der Waals surface area contributed by atoms with Crippen molar-refractivity contribution in [1.29, 1.82) is 0 Å². The summed E-state index contributed by atoms with van der Waals surface area (Å²) in [7, 11) is 0. The summed E-state index contributed by atoms with van der Waals surface area (Å²) in [6.45, 7) is 0.0828. The zero-order valence-corrected chi connectivity index (χ0v) is 8.62. The molecule has 0 fully saturated rings. The van der Waals surface area contributed by atoms with Crippen molar-refractivity contribution in [3.63, 3.8) is 0 Å².